The molecule has 214 valence electrons. The summed E-state index contributed by atoms with van der Waals surface area (Å²) in [7, 11) is -3.90. The van der Waals surface area contributed by atoms with Crippen LogP contribution < -0.4 is 9.62 Å². The summed E-state index contributed by atoms with van der Waals surface area (Å²) in [5.41, 5.74) is 1.79. The number of hydrogen-bond donors (Lipinski definition) is 1. The standard InChI is InChI=1S/C31H31Cl2N3O4S/c1-3-34-31(38)29(18-22-10-5-4-6-11-22)35(20-24-16-17-25(32)19-27(24)33)30(37)21-36(41(2,39)40)28-15-9-13-23-12-7-8-14-26(23)28/h4-17,19,29H,3,18,20-21H2,1-2H3,(H,34,38)/t29-/m0/s1. The molecule has 0 bridgehead atoms. The van der Waals surface area contributed by atoms with Crippen LogP contribution in [0.1, 0.15) is 18.1 Å². The average Bonchev–Trinajstić information content (AvgIpc) is 2.94. The lowest BCUT2D eigenvalue weighted by Crippen LogP contribution is -2.53. The molecule has 0 saturated carbocycles. The molecule has 7 nitrogen and oxygen atoms in total. The van der Waals surface area contributed by atoms with Crippen LogP contribution in [-0.4, -0.2) is 50.5 Å². The SMILES string of the molecule is CCNC(=O)[C@H](Cc1ccccc1)N(Cc1ccc(Cl)cc1Cl)C(=O)CN(c1cccc2ccccc12)S(C)(=O)=O. The number of nitrogens with zero attached hydrogens (tertiary/aromatic N) is 2. The molecule has 1 atom stereocenters. The maximum atomic E-state index is 14.2. The minimum absolute atomic E-state index is 0.0311. The zero-order valence-corrected chi connectivity index (χ0v) is 25.1. The van der Waals surface area contributed by atoms with Gasteiger partial charge in [-0.3, -0.25) is 13.9 Å². The first-order valence-corrected chi connectivity index (χ1v) is 15.7. The number of carbonyl (C=O) groups is 2. The Labute approximate surface area is 250 Å². The van der Waals surface area contributed by atoms with Gasteiger partial charge in [0.1, 0.15) is 12.6 Å². The molecular formula is C31H31Cl2N3O4S. The fourth-order valence-corrected chi connectivity index (χ4v) is 6.03. The highest BCUT2D eigenvalue weighted by Gasteiger charge is 2.33. The molecule has 0 heterocycles. The summed E-state index contributed by atoms with van der Waals surface area (Å²) in [6.45, 7) is 1.62. The quantitative estimate of drug-likeness (QED) is 0.236. The van der Waals surface area contributed by atoms with Gasteiger partial charge in [0.25, 0.3) is 0 Å². The summed E-state index contributed by atoms with van der Waals surface area (Å²) in [5.74, 6) is -0.910. The van der Waals surface area contributed by atoms with Crippen molar-refractivity contribution in [2.24, 2.45) is 0 Å². The molecule has 1 N–H and O–H groups in total. The first-order chi connectivity index (χ1) is 19.6. The Kier molecular flexibility index (Phi) is 9.91. The van der Waals surface area contributed by atoms with E-state index in [1.165, 1.54) is 4.90 Å². The van der Waals surface area contributed by atoms with Crippen LogP contribution in [0.5, 0.6) is 0 Å². The Morgan fingerprint density at radius 1 is 0.902 bits per heavy atom. The molecular weight excluding hydrogens is 581 g/mol. The van der Waals surface area contributed by atoms with Crippen LogP contribution in [0.3, 0.4) is 0 Å². The van der Waals surface area contributed by atoms with Gasteiger partial charge in [0, 0.05) is 34.9 Å². The number of fused-ring (bicyclic) bond motifs is 1. The molecule has 0 aliphatic carbocycles. The zero-order valence-electron chi connectivity index (χ0n) is 22.8. The van der Waals surface area contributed by atoms with Crippen LogP contribution in [0.15, 0.2) is 91.0 Å². The second kappa shape index (κ2) is 13.4. The number of benzene rings is 4. The van der Waals surface area contributed by atoms with Crippen molar-refractivity contribution >= 4 is 61.5 Å². The van der Waals surface area contributed by atoms with Crippen LogP contribution in [0.2, 0.25) is 10.0 Å². The third-order valence-corrected chi connectivity index (χ3v) is 8.41. The summed E-state index contributed by atoms with van der Waals surface area (Å²) in [5, 5.41) is 5.11. The number of amides is 2. The molecule has 0 saturated heterocycles. The van der Waals surface area contributed by atoms with Gasteiger partial charge in [0.05, 0.1) is 11.9 Å². The predicted molar refractivity (Wildman–Crippen MR) is 166 cm³/mol. The Morgan fingerprint density at radius 3 is 2.27 bits per heavy atom. The van der Waals surface area contributed by atoms with Gasteiger partial charge in [-0.15, -0.1) is 0 Å². The fourth-order valence-electron chi connectivity index (χ4n) is 4.70. The highest BCUT2D eigenvalue weighted by Crippen LogP contribution is 2.29. The summed E-state index contributed by atoms with van der Waals surface area (Å²) < 4.78 is 27.3. The van der Waals surface area contributed by atoms with E-state index in [4.69, 9.17) is 23.2 Å². The molecule has 0 spiro atoms. The monoisotopic (exact) mass is 611 g/mol. The van der Waals surface area contributed by atoms with Crippen LogP contribution in [0.4, 0.5) is 5.69 Å². The van der Waals surface area contributed by atoms with E-state index < -0.39 is 28.5 Å². The second-order valence-corrected chi connectivity index (χ2v) is 12.4. The van der Waals surface area contributed by atoms with Crippen LogP contribution in [0.25, 0.3) is 10.8 Å². The van der Waals surface area contributed by atoms with E-state index in [2.05, 4.69) is 5.32 Å². The van der Waals surface area contributed by atoms with Crippen molar-refractivity contribution in [2.75, 3.05) is 23.7 Å². The fraction of sp³-hybridized carbons (Fsp3) is 0.226. The van der Waals surface area contributed by atoms with Crippen LogP contribution >= 0.6 is 23.2 Å². The van der Waals surface area contributed by atoms with E-state index in [0.717, 1.165) is 21.5 Å². The van der Waals surface area contributed by atoms with Gasteiger partial charge in [-0.2, -0.15) is 0 Å². The normalized spacial score (nSPS) is 12.1. The lowest BCUT2D eigenvalue weighted by atomic mass is 10.0. The van der Waals surface area contributed by atoms with Crippen molar-refractivity contribution in [3.05, 3.63) is 112 Å². The Hall–Kier alpha value is -3.59. The molecule has 0 aromatic heterocycles. The highest BCUT2D eigenvalue weighted by molar-refractivity contribution is 7.92. The maximum absolute atomic E-state index is 14.2. The molecule has 10 heteroatoms. The first-order valence-electron chi connectivity index (χ1n) is 13.1. The largest absolute Gasteiger partial charge is 0.355 e. The Balaban J connectivity index is 1.79. The third-order valence-electron chi connectivity index (χ3n) is 6.69. The van der Waals surface area contributed by atoms with Crippen LogP contribution in [0, 0.1) is 0 Å². The molecule has 4 aromatic carbocycles. The van der Waals surface area contributed by atoms with Gasteiger partial charge >= 0.3 is 0 Å². The third kappa shape index (κ3) is 7.58. The van der Waals surface area contributed by atoms with Gasteiger partial charge in [0.15, 0.2) is 0 Å². The highest BCUT2D eigenvalue weighted by atomic mass is 35.5. The molecule has 0 aliphatic heterocycles. The lowest BCUT2D eigenvalue weighted by molar-refractivity contribution is -0.140. The average molecular weight is 613 g/mol. The number of nitrogens with one attached hydrogen (secondary N) is 1. The summed E-state index contributed by atoms with van der Waals surface area (Å²) in [6.07, 6.45) is 1.28. The molecule has 0 fully saturated rings. The molecule has 2 amide bonds. The smallest absolute Gasteiger partial charge is 0.244 e. The molecule has 4 rings (SSSR count). The van der Waals surface area contributed by atoms with E-state index in [9.17, 15) is 18.0 Å². The molecule has 41 heavy (non-hydrogen) atoms. The van der Waals surface area contributed by atoms with Crippen molar-refractivity contribution in [1.82, 2.24) is 10.2 Å². The topological polar surface area (TPSA) is 86.8 Å². The number of carbonyl (C=O) groups excluding carboxylic acids is 2. The van der Waals surface area contributed by atoms with Gasteiger partial charge < -0.3 is 10.2 Å². The van der Waals surface area contributed by atoms with Crippen molar-refractivity contribution < 1.29 is 18.0 Å². The minimum Gasteiger partial charge on any atom is -0.355 e. The second-order valence-electron chi connectivity index (χ2n) is 9.63. The van der Waals surface area contributed by atoms with E-state index in [1.807, 2.05) is 60.7 Å². The number of sulfonamides is 1. The van der Waals surface area contributed by atoms with Crippen molar-refractivity contribution in [2.45, 2.75) is 25.9 Å². The summed E-state index contributed by atoms with van der Waals surface area (Å²) in [4.78, 5) is 29.1. The number of halogens is 2. The van der Waals surface area contributed by atoms with Gasteiger partial charge in [-0.05, 0) is 41.6 Å². The van der Waals surface area contributed by atoms with Gasteiger partial charge in [-0.25, -0.2) is 8.42 Å². The summed E-state index contributed by atoms with van der Waals surface area (Å²) in [6, 6.07) is 26.0. The Morgan fingerprint density at radius 2 is 1.59 bits per heavy atom. The van der Waals surface area contributed by atoms with E-state index in [-0.39, 0.29) is 18.9 Å². The van der Waals surface area contributed by atoms with Gasteiger partial charge in [0.2, 0.25) is 21.8 Å². The summed E-state index contributed by atoms with van der Waals surface area (Å²) >= 11 is 12.6. The van der Waals surface area contributed by atoms with Crippen molar-refractivity contribution in [1.29, 1.82) is 0 Å². The Bertz CT molecular complexity index is 1640. The molecule has 0 radical (unpaired) electrons. The van der Waals surface area contributed by atoms with Crippen molar-refractivity contribution in [3.63, 3.8) is 0 Å². The molecule has 0 aliphatic rings. The number of rotatable bonds is 11. The minimum atomic E-state index is -3.90. The van der Waals surface area contributed by atoms with E-state index in [0.29, 0.717) is 33.2 Å². The number of hydrogen-bond acceptors (Lipinski definition) is 4. The van der Waals surface area contributed by atoms with Crippen LogP contribution in [-0.2, 0) is 32.6 Å². The first kappa shape index (κ1) is 30.4. The number of anilines is 1. The van der Waals surface area contributed by atoms with E-state index in [1.54, 1.807) is 37.3 Å². The van der Waals surface area contributed by atoms with E-state index >= 15 is 0 Å². The number of likely N-dealkylation sites (N-methyl/N-ethyl adjacent to an activating group) is 1. The lowest BCUT2D eigenvalue weighted by Gasteiger charge is -2.34. The van der Waals surface area contributed by atoms with Crippen molar-refractivity contribution in [3.8, 4) is 0 Å². The van der Waals surface area contributed by atoms with Gasteiger partial charge in [-0.1, -0.05) is 96.0 Å². The molecule has 4 aromatic rings. The zero-order chi connectivity index (χ0) is 29.6. The molecule has 0 unspecified atom stereocenters. The predicted octanol–water partition coefficient (Wildman–Crippen LogP) is 5.69. The maximum Gasteiger partial charge on any atom is 0.244 e.